The third-order valence-electron chi connectivity index (χ3n) is 4.80. The van der Waals surface area contributed by atoms with E-state index in [9.17, 15) is 13.7 Å². The van der Waals surface area contributed by atoms with E-state index in [1.54, 1.807) is 29.7 Å². The Hall–Kier alpha value is -2.73. The van der Waals surface area contributed by atoms with Crippen LogP contribution in [0.1, 0.15) is 34.5 Å². The molecule has 2 heterocycles. The number of nitrogens with two attached hydrogens (primary N) is 1. The first kappa shape index (κ1) is 18.6. The zero-order chi connectivity index (χ0) is 19.7. The molecule has 0 spiro atoms. The van der Waals surface area contributed by atoms with E-state index in [0.717, 1.165) is 35.6 Å². The van der Waals surface area contributed by atoms with Crippen LogP contribution in [0.5, 0.6) is 0 Å². The largest absolute Gasteiger partial charge is 0.316 e. The van der Waals surface area contributed by atoms with Crippen molar-refractivity contribution in [2.75, 3.05) is 0 Å². The summed E-state index contributed by atoms with van der Waals surface area (Å²) in [5.74, 6) is 0. The van der Waals surface area contributed by atoms with Crippen molar-refractivity contribution in [2.24, 2.45) is 10.1 Å². The SMILES string of the molecule is N#Cc1c(/N=C/c2cccn2-c2ccc(S(N)(=O)=O)cc2)sc2c1CCCC2. The van der Waals surface area contributed by atoms with E-state index in [1.165, 1.54) is 29.0 Å². The summed E-state index contributed by atoms with van der Waals surface area (Å²) in [6.07, 6.45) is 7.88. The van der Waals surface area contributed by atoms with E-state index in [0.29, 0.717) is 5.56 Å². The molecule has 142 valence electrons. The van der Waals surface area contributed by atoms with Gasteiger partial charge in [-0.15, -0.1) is 11.3 Å². The van der Waals surface area contributed by atoms with Gasteiger partial charge in [-0.1, -0.05) is 0 Å². The minimum Gasteiger partial charge on any atom is -0.316 e. The lowest BCUT2D eigenvalue weighted by Gasteiger charge is -2.09. The molecule has 0 radical (unpaired) electrons. The Morgan fingerprint density at radius 3 is 2.64 bits per heavy atom. The molecule has 2 aromatic heterocycles. The van der Waals surface area contributed by atoms with Gasteiger partial charge in [0.15, 0.2) is 0 Å². The molecule has 0 saturated heterocycles. The van der Waals surface area contributed by atoms with Crippen LogP contribution in [0, 0.1) is 11.3 Å². The van der Waals surface area contributed by atoms with Crippen molar-refractivity contribution in [3.8, 4) is 11.8 Å². The minimum absolute atomic E-state index is 0.0708. The zero-order valence-corrected chi connectivity index (χ0v) is 16.6. The number of aryl methyl sites for hydroxylation is 1. The van der Waals surface area contributed by atoms with Gasteiger partial charge in [0, 0.05) is 16.8 Å². The highest BCUT2D eigenvalue weighted by molar-refractivity contribution is 7.89. The number of rotatable bonds is 4. The fourth-order valence-electron chi connectivity index (χ4n) is 3.41. The number of primary sulfonamides is 1. The third-order valence-corrected chi connectivity index (χ3v) is 6.93. The highest BCUT2D eigenvalue weighted by Crippen LogP contribution is 2.39. The molecular weight excluding hydrogens is 392 g/mol. The van der Waals surface area contributed by atoms with Crippen LogP contribution in [0.3, 0.4) is 0 Å². The molecule has 0 unspecified atom stereocenters. The summed E-state index contributed by atoms with van der Waals surface area (Å²) in [5, 5.41) is 15.5. The number of nitriles is 1. The lowest BCUT2D eigenvalue weighted by molar-refractivity contribution is 0.598. The fourth-order valence-corrected chi connectivity index (χ4v) is 5.11. The molecule has 2 N–H and O–H groups in total. The maximum atomic E-state index is 11.4. The number of benzene rings is 1. The first-order valence-corrected chi connectivity index (χ1v) is 11.2. The van der Waals surface area contributed by atoms with E-state index in [1.807, 2.05) is 22.9 Å². The number of aromatic nitrogens is 1. The number of thiophene rings is 1. The minimum atomic E-state index is -3.72. The van der Waals surface area contributed by atoms with Crippen LogP contribution >= 0.6 is 11.3 Å². The molecule has 0 amide bonds. The van der Waals surface area contributed by atoms with Gasteiger partial charge in [0.2, 0.25) is 10.0 Å². The van der Waals surface area contributed by atoms with Crippen molar-refractivity contribution in [1.29, 1.82) is 5.26 Å². The zero-order valence-electron chi connectivity index (χ0n) is 15.0. The van der Waals surface area contributed by atoms with E-state index < -0.39 is 10.0 Å². The first-order chi connectivity index (χ1) is 13.5. The Labute approximate surface area is 167 Å². The smallest absolute Gasteiger partial charge is 0.238 e. The molecular formula is C20H18N4O2S2. The Morgan fingerprint density at radius 1 is 1.18 bits per heavy atom. The van der Waals surface area contributed by atoms with Gasteiger partial charge in [-0.3, -0.25) is 0 Å². The van der Waals surface area contributed by atoms with Gasteiger partial charge >= 0.3 is 0 Å². The summed E-state index contributed by atoms with van der Waals surface area (Å²) in [4.78, 5) is 5.95. The predicted octanol–water partition coefficient (Wildman–Crippen LogP) is 3.69. The number of nitrogens with zero attached hydrogens (tertiary/aromatic N) is 3. The van der Waals surface area contributed by atoms with E-state index in [2.05, 4.69) is 11.1 Å². The molecule has 0 bridgehead atoms. The molecule has 1 aliphatic carbocycles. The molecule has 1 aliphatic rings. The fraction of sp³-hybridized carbons (Fsp3) is 0.200. The Kier molecular flexibility index (Phi) is 4.89. The van der Waals surface area contributed by atoms with Crippen LogP contribution in [0.4, 0.5) is 5.00 Å². The highest BCUT2D eigenvalue weighted by atomic mass is 32.2. The van der Waals surface area contributed by atoms with Gasteiger partial charge in [0.1, 0.15) is 11.1 Å². The van der Waals surface area contributed by atoms with Crippen LogP contribution in [0.25, 0.3) is 5.69 Å². The maximum absolute atomic E-state index is 11.4. The summed E-state index contributed by atoms with van der Waals surface area (Å²) in [6.45, 7) is 0. The lowest BCUT2D eigenvalue weighted by Crippen LogP contribution is -2.12. The predicted molar refractivity (Wildman–Crippen MR) is 110 cm³/mol. The van der Waals surface area contributed by atoms with Gasteiger partial charge in [0.05, 0.1) is 22.4 Å². The Balaban J connectivity index is 1.66. The first-order valence-electron chi connectivity index (χ1n) is 8.86. The van der Waals surface area contributed by atoms with Crippen LogP contribution in [-0.2, 0) is 22.9 Å². The standard InChI is InChI=1S/C20H18N4O2S2/c21-12-18-17-5-1-2-6-19(17)27-20(18)23-13-15-4-3-11-24(15)14-7-9-16(10-8-14)28(22,25)26/h3-4,7-11,13H,1-2,5-6H2,(H2,22,25,26)/b23-13+. The maximum Gasteiger partial charge on any atom is 0.238 e. The average Bonchev–Trinajstić information content (AvgIpc) is 3.29. The van der Waals surface area contributed by atoms with Gasteiger partial charge < -0.3 is 4.57 Å². The van der Waals surface area contributed by atoms with Crippen LogP contribution in [0.2, 0.25) is 0 Å². The van der Waals surface area contributed by atoms with E-state index in [4.69, 9.17) is 5.14 Å². The molecule has 4 rings (SSSR count). The van der Waals surface area contributed by atoms with Crippen molar-refractivity contribution >= 4 is 32.6 Å². The summed E-state index contributed by atoms with van der Waals surface area (Å²) in [5.41, 5.74) is 3.50. The van der Waals surface area contributed by atoms with E-state index in [-0.39, 0.29) is 4.90 Å². The monoisotopic (exact) mass is 410 g/mol. The number of hydrogen-bond acceptors (Lipinski definition) is 5. The second-order valence-electron chi connectivity index (χ2n) is 6.60. The van der Waals surface area contributed by atoms with Crippen molar-refractivity contribution in [2.45, 2.75) is 30.6 Å². The molecule has 6 nitrogen and oxygen atoms in total. The molecule has 0 aliphatic heterocycles. The number of fused-ring (bicyclic) bond motifs is 1. The molecule has 1 aromatic carbocycles. The van der Waals surface area contributed by atoms with Gasteiger partial charge in [0.25, 0.3) is 0 Å². The second-order valence-corrected chi connectivity index (χ2v) is 9.25. The Bertz CT molecular complexity index is 1200. The summed E-state index contributed by atoms with van der Waals surface area (Å²) in [6, 6.07) is 12.5. The van der Waals surface area contributed by atoms with Crippen molar-refractivity contribution in [1.82, 2.24) is 4.57 Å². The molecule has 28 heavy (non-hydrogen) atoms. The normalized spacial score (nSPS) is 14.1. The highest BCUT2D eigenvalue weighted by Gasteiger charge is 2.20. The van der Waals surface area contributed by atoms with Crippen LogP contribution in [0.15, 0.2) is 52.5 Å². The summed E-state index contributed by atoms with van der Waals surface area (Å²) in [7, 11) is -3.72. The number of sulfonamides is 1. The lowest BCUT2D eigenvalue weighted by atomic mass is 9.96. The van der Waals surface area contributed by atoms with Crippen molar-refractivity contribution < 1.29 is 8.42 Å². The van der Waals surface area contributed by atoms with Gasteiger partial charge in [-0.2, -0.15) is 5.26 Å². The molecule has 3 aromatic rings. The number of hydrogen-bond donors (Lipinski definition) is 1. The summed E-state index contributed by atoms with van der Waals surface area (Å²) < 4.78 is 24.7. The van der Waals surface area contributed by atoms with Crippen molar-refractivity contribution in [3.63, 3.8) is 0 Å². The van der Waals surface area contributed by atoms with Gasteiger partial charge in [-0.25, -0.2) is 18.5 Å². The third kappa shape index (κ3) is 3.52. The average molecular weight is 411 g/mol. The van der Waals surface area contributed by atoms with Crippen LogP contribution in [-0.4, -0.2) is 19.2 Å². The van der Waals surface area contributed by atoms with E-state index >= 15 is 0 Å². The second kappa shape index (κ2) is 7.36. The van der Waals surface area contributed by atoms with Gasteiger partial charge in [-0.05, 0) is 67.6 Å². The molecule has 0 fully saturated rings. The topological polar surface area (TPSA) is 101 Å². The molecule has 0 atom stereocenters. The van der Waals surface area contributed by atoms with Crippen molar-refractivity contribution in [3.05, 3.63) is 64.3 Å². The quantitative estimate of drug-likeness (QED) is 0.664. The van der Waals surface area contributed by atoms with Crippen LogP contribution < -0.4 is 5.14 Å². The summed E-state index contributed by atoms with van der Waals surface area (Å²) >= 11 is 1.60. The Morgan fingerprint density at radius 2 is 1.93 bits per heavy atom. The number of aliphatic imine (C=N–C) groups is 1. The molecule has 8 heteroatoms. The molecule has 0 saturated carbocycles.